The molecule has 4 aromatic rings. The van der Waals surface area contributed by atoms with Crippen LogP contribution in [0.15, 0.2) is 93.1 Å². The van der Waals surface area contributed by atoms with E-state index < -0.39 is 49.9 Å². The van der Waals surface area contributed by atoms with Crippen LogP contribution in [0.5, 0.6) is 0 Å². The molecule has 0 amide bonds. The molecule has 0 bridgehead atoms. The van der Waals surface area contributed by atoms with Gasteiger partial charge in [-0.15, -0.1) is 0 Å². The molecule has 222 valence electrons. The Morgan fingerprint density at radius 1 is 0.810 bits per heavy atom. The molecule has 42 heavy (non-hydrogen) atoms. The van der Waals surface area contributed by atoms with Gasteiger partial charge in [-0.1, -0.05) is 54.6 Å². The maximum atomic E-state index is 13.9. The van der Waals surface area contributed by atoms with E-state index in [1.54, 1.807) is 68.4 Å². The molecule has 0 spiro atoms. The molecule has 1 heterocycles. The second-order valence-corrected chi connectivity index (χ2v) is 13.8. The van der Waals surface area contributed by atoms with Gasteiger partial charge in [-0.25, -0.2) is 16.8 Å². The highest BCUT2D eigenvalue weighted by Crippen LogP contribution is 2.33. The summed E-state index contributed by atoms with van der Waals surface area (Å²) in [6, 6.07) is 19.7. The molecule has 0 unspecified atom stereocenters. The Morgan fingerprint density at radius 3 is 2.00 bits per heavy atom. The number of carbonyl (C=O) groups is 1. The number of carbonyl (C=O) groups excluding carboxylic acids is 1. The minimum atomic E-state index is -4.72. The molecule has 12 heteroatoms. The van der Waals surface area contributed by atoms with Crippen molar-refractivity contribution >= 4 is 25.6 Å². The number of furan rings is 1. The van der Waals surface area contributed by atoms with Crippen LogP contribution in [-0.2, 0) is 43.9 Å². The largest absolute Gasteiger partial charge is 0.455 e. The van der Waals surface area contributed by atoms with Gasteiger partial charge in [-0.05, 0) is 72.9 Å². The average molecular weight is 620 g/mol. The molecule has 7 nitrogen and oxygen atoms in total. The lowest BCUT2D eigenvalue weighted by Gasteiger charge is -2.24. The normalized spacial score (nSPS) is 12.5. The summed E-state index contributed by atoms with van der Waals surface area (Å²) in [6.45, 7) is 3.87. The van der Waals surface area contributed by atoms with Crippen molar-refractivity contribution in [1.29, 1.82) is 0 Å². The monoisotopic (exact) mass is 619 g/mol. The van der Waals surface area contributed by atoms with Crippen LogP contribution in [0, 0.1) is 13.8 Å². The number of Topliss-reactive ketones (excluding diaryl/α,β-unsaturated/α-hetero) is 1. The Kier molecular flexibility index (Phi) is 8.81. The topological polar surface area (TPSA) is 102 Å². The first-order chi connectivity index (χ1) is 19.6. The van der Waals surface area contributed by atoms with Crippen molar-refractivity contribution in [2.45, 2.75) is 49.8 Å². The van der Waals surface area contributed by atoms with Crippen LogP contribution in [0.4, 0.5) is 13.2 Å². The Hall–Kier alpha value is -3.74. The van der Waals surface area contributed by atoms with E-state index in [0.717, 1.165) is 16.4 Å². The molecular formula is C30H28F3NO6S2. The van der Waals surface area contributed by atoms with Gasteiger partial charge in [0.2, 0.25) is 15.8 Å². The average Bonchev–Trinajstić information content (AvgIpc) is 3.37. The van der Waals surface area contributed by atoms with Crippen LogP contribution in [0.2, 0.25) is 0 Å². The number of nitrogens with zero attached hydrogens (tertiary/aromatic N) is 1. The SMILES string of the molecule is CC(=O)CS(=O)(=O)c1cccc(-c2ccc(CN(Cc3ccc(C(F)(F)F)o3)S(=O)(=O)c3c(C)cccc3C)cc2)c1. The van der Waals surface area contributed by atoms with E-state index in [0.29, 0.717) is 27.8 Å². The Balaban J connectivity index is 1.67. The highest BCUT2D eigenvalue weighted by atomic mass is 32.2. The third-order valence-corrected chi connectivity index (χ3v) is 10.4. The fraction of sp³-hybridized carbons (Fsp3) is 0.233. The Morgan fingerprint density at radius 2 is 1.43 bits per heavy atom. The molecule has 0 aliphatic carbocycles. The highest BCUT2D eigenvalue weighted by molar-refractivity contribution is 7.92. The van der Waals surface area contributed by atoms with Gasteiger partial charge in [0.1, 0.15) is 17.3 Å². The van der Waals surface area contributed by atoms with Crippen LogP contribution in [0.1, 0.15) is 35.1 Å². The van der Waals surface area contributed by atoms with Gasteiger partial charge < -0.3 is 4.42 Å². The number of ketones is 1. The molecule has 0 N–H and O–H groups in total. The van der Waals surface area contributed by atoms with E-state index in [9.17, 15) is 34.8 Å². The second-order valence-electron chi connectivity index (χ2n) is 9.94. The standard InChI is InChI=1S/C30H28F3NO6S2/c1-20-6-4-7-21(2)29(20)42(38,39)34(18-26-14-15-28(40-26)30(31,32)33)17-23-10-12-24(13-11-23)25-8-5-9-27(16-25)41(36,37)19-22(3)35/h4-16H,17-19H2,1-3H3. The van der Waals surface area contributed by atoms with E-state index in [1.165, 1.54) is 19.1 Å². The van der Waals surface area contributed by atoms with Crippen molar-refractivity contribution in [3.05, 3.63) is 107 Å². The minimum absolute atomic E-state index is 0.00168. The van der Waals surface area contributed by atoms with Crippen molar-refractivity contribution in [3.63, 3.8) is 0 Å². The van der Waals surface area contributed by atoms with E-state index in [1.807, 2.05) is 0 Å². The summed E-state index contributed by atoms with van der Waals surface area (Å²) in [6.07, 6.45) is -4.72. The number of aryl methyl sites for hydroxylation is 2. The number of benzene rings is 3. The highest BCUT2D eigenvalue weighted by Gasteiger charge is 2.36. The van der Waals surface area contributed by atoms with Crippen molar-refractivity contribution < 1.29 is 39.2 Å². The predicted molar refractivity (Wildman–Crippen MR) is 151 cm³/mol. The number of rotatable bonds is 10. The van der Waals surface area contributed by atoms with Crippen LogP contribution < -0.4 is 0 Å². The van der Waals surface area contributed by atoms with E-state index in [-0.39, 0.29) is 22.1 Å². The molecule has 0 aliphatic heterocycles. The molecule has 0 radical (unpaired) electrons. The molecule has 0 atom stereocenters. The number of sulfone groups is 1. The van der Waals surface area contributed by atoms with Crippen molar-refractivity contribution in [3.8, 4) is 11.1 Å². The third-order valence-electron chi connectivity index (χ3n) is 6.51. The smallest absolute Gasteiger partial charge is 0.449 e. The lowest BCUT2D eigenvalue weighted by atomic mass is 10.0. The van der Waals surface area contributed by atoms with Gasteiger partial charge in [0.05, 0.1) is 16.3 Å². The summed E-state index contributed by atoms with van der Waals surface area (Å²) >= 11 is 0. The van der Waals surface area contributed by atoms with Crippen molar-refractivity contribution in [1.82, 2.24) is 4.31 Å². The van der Waals surface area contributed by atoms with Crippen molar-refractivity contribution in [2.75, 3.05) is 5.75 Å². The van der Waals surface area contributed by atoms with Crippen LogP contribution in [0.3, 0.4) is 0 Å². The Labute approximate surface area is 242 Å². The van der Waals surface area contributed by atoms with Crippen LogP contribution in [-0.4, -0.2) is 32.7 Å². The summed E-state index contributed by atoms with van der Waals surface area (Å²) in [7, 11) is -7.98. The second kappa shape index (κ2) is 11.9. The lowest BCUT2D eigenvalue weighted by Crippen LogP contribution is -2.31. The molecule has 0 aliphatic rings. The predicted octanol–water partition coefficient (Wildman–Crippen LogP) is 6.34. The summed E-state index contributed by atoms with van der Waals surface area (Å²) in [4.78, 5) is 11.5. The quantitative estimate of drug-likeness (QED) is 0.206. The van der Waals surface area contributed by atoms with Gasteiger partial charge in [-0.3, -0.25) is 4.79 Å². The first kappa shape index (κ1) is 31.2. The Bertz CT molecular complexity index is 1810. The van der Waals surface area contributed by atoms with Crippen LogP contribution >= 0.6 is 0 Å². The first-order valence-corrected chi connectivity index (χ1v) is 15.8. The van der Waals surface area contributed by atoms with Gasteiger partial charge in [0, 0.05) is 6.54 Å². The fourth-order valence-electron chi connectivity index (χ4n) is 4.58. The number of halogens is 3. The summed E-state index contributed by atoms with van der Waals surface area (Å²) in [5, 5.41) is 0. The molecular weight excluding hydrogens is 591 g/mol. The maximum absolute atomic E-state index is 13.9. The van der Waals surface area contributed by atoms with Crippen LogP contribution in [0.25, 0.3) is 11.1 Å². The zero-order chi connectivity index (χ0) is 30.9. The number of sulfonamides is 1. The number of hydrogen-bond acceptors (Lipinski definition) is 6. The van der Waals surface area contributed by atoms with Gasteiger partial charge in [0.25, 0.3) is 0 Å². The first-order valence-electron chi connectivity index (χ1n) is 12.7. The molecule has 0 saturated heterocycles. The van der Waals surface area contributed by atoms with Gasteiger partial charge >= 0.3 is 6.18 Å². The lowest BCUT2D eigenvalue weighted by molar-refractivity contribution is -0.153. The summed E-state index contributed by atoms with van der Waals surface area (Å²) in [5.74, 6) is -2.48. The minimum Gasteiger partial charge on any atom is -0.455 e. The van der Waals surface area contributed by atoms with Gasteiger partial charge in [-0.2, -0.15) is 17.5 Å². The van der Waals surface area contributed by atoms with E-state index in [4.69, 9.17) is 4.42 Å². The molecule has 0 saturated carbocycles. The molecule has 3 aromatic carbocycles. The van der Waals surface area contributed by atoms with Gasteiger partial charge in [0.15, 0.2) is 9.84 Å². The number of alkyl halides is 3. The van der Waals surface area contributed by atoms with Crippen molar-refractivity contribution in [2.24, 2.45) is 0 Å². The molecule has 4 rings (SSSR count). The number of hydrogen-bond donors (Lipinski definition) is 0. The van der Waals surface area contributed by atoms with E-state index >= 15 is 0 Å². The fourth-order valence-corrected chi connectivity index (χ4v) is 7.69. The maximum Gasteiger partial charge on any atom is 0.449 e. The summed E-state index contributed by atoms with van der Waals surface area (Å²) in [5.41, 5.74) is 2.73. The third kappa shape index (κ3) is 7.00. The molecule has 0 fully saturated rings. The zero-order valence-corrected chi connectivity index (χ0v) is 24.6. The zero-order valence-electron chi connectivity index (χ0n) is 23.0. The summed E-state index contributed by atoms with van der Waals surface area (Å²) < 4.78 is 98.2. The van der Waals surface area contributed by atoms with E-state index in [2.05, 4.69) is 0 Å². The molecule has 1 aromatic heterocycles.